The fourth-order valence-corrected chi connectivity index (χ4v) is 3.30. The molecule has 24 heavy (non-hydrogen) atoms. The highest BCUT2D eigenvalue weighted by Gasteiger charge is 2.11. The molecule has 0 aliphatic heterocycles. The van der Waals surface area contributed by atoms with Gasteiger partial charge in [0.2, 0.25) is 0 Å². The first-order valence-corrected chi connectivity index (χ1v) is 8.74. The normalized spacial score (nSPS) is 10.3. The van der Waals surface area contributed by atoms with E-state index in [1.165, 1.54) is 5.56 Å². The topological polar surface area (TPSA) is 42.0 Å². The Morgan fingerprint density at radius 3 is 2.38 bits per heavy atom. The molecule has 0 aliphatic carbocycles. The van der Waals surface area contributed by atoms with Crippen molar-refractivity contribution in [3.05, 3.63) is 95.8 Å². The summed E-state index contributed by atoms with van der Waals surface area (Å²) >= 11 is 1.68. The first-order chi connectivity index (χ1) is 11.8. The molecule has 0 unspecified atom stereocenters. The van der Waals surface area contributed by atoms with Crippen LogP contribution in [0, 0.1) is 0 Å². The van der Waals surface area contributed by atoms with E-state index in [9.17, 15) is 4.79 Å². The summed E-state index contributed by atoms with van der Waals surface area (Å²) in [6.07, 6.45) is 3.45. The number of nitrogens with zero attached hydrogens (tertiary/aromatic N) is 1. The number of carbonyl (C=O) groups is 1. The van der Waals surface area contributed by atoms with Crippen molar-refractivity contribution < 1.29 is 4.79 Å². The monoisotopic (exact) mass is 334 g/mol. The van der Waals surface area contributed by atoms with Crippen LogP contribution in [0.4, 0.5) is 0 Å². The Morgan fingerprint density at radius 1 is 0.875 bits per heavy atom. The molecule has 3 aromatic rings. The maximum atomic E-state index is 12.5. The summed E-state index contributed by atoms with van der Waals surface area (Å²) in [5, 5.41) is 2.97. The van der Waals surface area contributed by atoms with Crippen LogP contribution >= 0.6 is 11.8 Å². The Kier molecular flexibility index (Phi) is 5.64. The van der Waals surface area contributed by atoms with Gasteiger partial charge in [-0.25, -0.2) is 0 Å². The first kappa shape index (κ1) is 16.3. The van der Waals surface area contributed by atoms with E-state index in [2.05, 4.69) is 22.4 Å². The number of nitrogens with one attached hydrogen (secondary N) is 1. The Bertz CT molecular complexity index is 791. The summed E-state index contributed by atoms with van der Waals surface area (Å²) < 4.78 is 0. The molecule has 120 valence electrons. The largest absolute Gasteiger partial charge is 0.348 e. The third-order valence-electron chi connectivity index (χ3n) is 3.57. The Labute approximate surface area is 146 Å². The molecule has 0 saturated heterocycles. The lowest BCUT2D eigenvalue weighted by atomic mass is 10.2. The molecule has 2 aromatic carbocycles. The van der Waals surface area contributed by atoms with Gasteiger partial charge >= 0.3 is 0 Å². The molecule has 1 heterocycles. The van der Waals surface area contributed by atoms with Crippen molar-refractivity contribution in [2.24, 2.45) is 0 Å². The molecule has 0 saturated carbocycles. The standard InChI is InChI=1S/C20H18N2OS/c23-20(22-14-16-10-12-21-13-11-16)18-8-4-5-9-19(18)24-15-17-6-2-1-3-7-17/h1-13H,14-15H2,(H,22,23). The van der Waals surface area contributed by atoms with E-state index in [1.54, 1.807) is 24.2 Å². The average molecular weight is 334 g/mol. The van der Waals surface area contributed by atoms with Crippen molar-refractivity contribution in [2.75, 3.05) is 0 Å². The van der Waals surface area contributed by atoms with Gasteiger partial charge in [-0.2, -0.15) is 0 Å². The number of carbonyl (C=O) groups excluding carboxylic acids is 1. The lowest BCUT2D eigenvalue weighted by Gasteiger charge is -2.10. The summed E-state index contributed by atoms with van der Waals surface area (Å²) in [5.74, 6) is 0.790. The van der Waals surface area contributed by atoms with Crippen molar-refractivity contribution in [3.8, 4) is 0 Å². The van der Waals surface area contributed by atoms with Crippen LogP contribution in [-0.4, -0.2) is 10.9 Å². The van der Waals surface area contributed by atoms with Crippen LogP contribution in [0.3, 0.4) is 0 Å². The number of amides is 1. The fraction of sp³-hybridized carbons (Fsp3) is 0.100. The van der Waals surface area contributed by atoms with Crippen LogP contribution in [0.1, 0.15) is 21.5 Å². The molecule has 3 rings (SSSR count). The van der Waals surface area contributed by atoms with E-state index < -0.39 is 0 Å². The Balaban J connectivity index is 1.65. The van der Waals surface area contributed by atoms with Gasteiger partial charge in [0.15, 0.2) is 0 Å². The Hall–Kier alpha value is -2.59. The zero-order valence-electron chi connectivity index (χ0n) is 13.2. The average Bonchev–Trinajstić information content (AvgIpc) is 2.66. The molecule has 4 heteroatoms. The number of hydrogen-bond acceptors (Lipinski definition) is 3. The van der Waals surface area contributed by atoms with Gasteiger partial charge in [-0.3, -0.25) is 9.78 Å². The molecule has 1 amide bonds. The number of rotatable bonds is 6. The van der Waals surface area contributed by atoms with Crippen molar-refractivity contribution in [3.63, 3.8) is 0 Å². The van der Waals surface area contributed by atoms with E-state index in [0.29, 0.717) is 12.1 Å². The van der Waals surface area contributed by atoms with E-state index in [-0.39, 0.29) is 5.91 Å². The minimum absolute atomic E-state index is 0.0528. The molecular formula is C20H18N2OS. The van der Waals surface area contributed by atoms with Gasteiger partial charge in [0.05, 0.1) is 5.56 Å². The molecule has 1 aromatic heterocycles. The van der Waals surface area contributed by atoms with Crippen LogP contribution in [0.2, 0.25) is 0 Å². The predicted molar refractivity (Wildman–Crippen MR) is 97.9 cm³/mol. The SMILES string of the molecule is O=C(NCc1ccncc1)c1ccccc1SCc1ccccc1. The van der Waals surface area contributed by atoms with Gasteiger partial charge in [0, 0.05) is 29.6 Å². The van der Waals surface area contributed by atoms with E-state index in [0.717, 1.165) is 16.2 Å². The molecule has 0 fully saturated rings. The quantitative estimate of drug-likeness (QED) is 0.683. The zero-order chi connectivity index (χ0) is 16.6. The second-order valence-corrected chi connectivity index (χ2v) is 6.33. The number of thioether (sulfide) groups is 1. The number of hydrogen-bond donors (Lipinski definition) is 1. The molecule has 0 bridgehead atoms. The Morgan fingerprint density at radius 2 is 1.58 bits per heavy atom. The number of aromatic nitrogens is 1. The van der Waals surface area contributed by atoms with Crippen LogP contribution < -0.4 is 5.32 Å². The van der Waals surface area contributed by atoms with Gasteiger partial charge in [-0.1, -0.05) is 42.5 Å². The lowest BCUT2D eigenvalue weighted by molar-refractivity contribution is 0.0948. The highest BCUT2D eigenvalue weighted by molar-refractivity contribution is 7.98. The second kappa shape index (κ2) is 8.31. The van der Waals surface area contributed by atoms with Crippen LogP contribution in [0.5, 0.6) is 0 Å². The summed E-state index contributed by atoms with van der Waals surface area (Å²) in [6, 6.07) is 21.8. The smallest absolute Gasteiger partial charge is 0.252 e. The summed E-state index contributed by atoms with van der Waals surface area (Å²) in [4.78, 5) is 17.5. The van der Waals surface area contributed by atoms with Crippen LogP contribution in [-0.2, 0) is 12.3 Å². The van der Waals surface area contributed by atoms with Crippen molar-refractivity contribution in [1.82, 2.24) is 10.3 Å². The maximum Gasteiger partial charge on any atom is 0.252 e. The van der Waals surface area contributed by atoms with Gasteiger partial charge in [0.1, 0.15) is 0 Å². The predicted octanol–water partition coefficient (Wildman–Crippen LogP) is 4.30. The van der Waals surface area contributed by atoms with E-state index in [1.807, 2.05) is 54.6 Å². The summed E-state index contributed by atoms with van der Waals surface area (Å²) in [7, 11) is 0. The summed E-state index contributed by atoms with van der Waals surface area (Å²) in [5.41, 5.74) is 3.00. The molecule has 0 radical (unpaired) electrons. The van der Waals surface area contributed by atoms with Crippen molar-refractivity contribution in [1.29, 1.82) is 0 Å². The van der Waals surface area contributed by atoms with Gasteiger partial charge < -0.3 is 5.32 Å². The third kappa shape index (κ3) is 4.46. The fourth-order valence-electron chi connectivity index (χ4n) is 2.29. The lowest BCUT2D eigenvalue weighted by Crippen LogP contribution is -2.23. The van der Waals surface area contributed by atoms with Crippen molar-refractivity contribution >= 4 is 17.7 Å². The highest BCUT2D eigenvalue weighted by atomic mass is 32.2. The van der Waals surface area contributed by atoms with E-state index >= 15 is 0 Å². The third-order valence-corrected chi connectivity index (χ3v) is 4.72. The molecule has 1 N–H and O–H groups in total. The van der Waals surface area contributed by atoms with E-state index in [4.69, 9.17) is 0 Å². The highest BCUT2D eigenvalue weighted by Crippen LogP contribution is 2.26. The minimum Gasteiger partial charge on any atom is -0.348 e. The van der Waals surface area contributed by atoms with Gasteiger partial charge in [0.25, 0.3) is 5.91 Å². The van der Waals surface area contributed by atoms with Crippen molar-refractivity contribution in [2.45, 2.75) is 17.2 Å². The number of pyridine rings is 1. The number of benzene rings is 2. The van der Waals surface area contributed by atoms with Crippen LogP contribution in [0.15, 0.2) is 84.0 Å². The van der Waals surface area contributed by atoms with Crippen LogP contribution in [0.25, 0.3) is 0 Å². The first-order valence-electron chi connectivity index (χ1n) is 7.76. The summed E-state index contributed by atoms with van der Waals surface area (Å²) in [6.45, 7) is 0.499. The molecule has 3 nitrogen and oxygen atoms in total. The molecule has 0 atom stereocenters. The molecule has 0 spiro atoms. The minimum atomic E-state index is -0.0528. The molecular weight excluding hydrogens is 316 g/mol. The molecule has 0 aliphatic rings. The second-order valence-electron chi connectivity index (χ2n) is 5.31. The maximum absolute atomic E-state index is 12.5. The van der Waals surface area contributed by atoms with Gasteiger partial charge in [-0.05, 0) is 35.4 Å². The zero-order valence-corrected chi connectivity index (χ0v) is 14.0. The van der Waals surface area contributed by atoms with Gasteiger partial charge in [-0.15, -0.1) is 11.8 Å².